The zero-order valence-corrected chi connectivity index (χ0v) is 13.2. The van der Waals surface area contributed by atoms with Gasteiger partial charge in [-0.25, -0.2) is 9.37 Å². The van der Waals surface area contributed by atoms with Gasteiger partial charge < -0.3 is 4.57 Å². The van der Waals surface area contributed by atoms with Crippen LogP contribution in [0.25, 0.3) is 11.4 Å². The number of imidazole rings is 1. The predicted molar refractivity (Wildman–Crippen MR) is 84.3 cm³/mol. The van der Waals surface area contributed by atoms with Gasteiger partial charge in [0.1, 0.15) is 11.6 Å². The Morgan fingerprint density at radius 2 is 2.14 bits per heavy atom. The fourth-order valence-corrected chi connectivity index (χ4v) is 2.66. The van der Waals surface area contributed by atoms with Crippen LogP contribution in [0.15, 0.2) is 36.9 Å². The van der Waals surface area contributed by atoms with E-state index < -0.39 is 0 Å². The van der Waals surface area contributed by atoms with E-state index in [1.54, 1.807) is 29.9 Å². The van der Waals surface area contributed by atoms with E-state index in [1.807, 2.05) is 30.2 Å². The van der Waals surface area contributed by atoms with Crippen LogP contribution in [0.4, 0.5) is 4.39 Å². The first-order valence-electron chi connectivity index (χ1n) is 7.00. The van der Waals surface area contributed by atoms with Gasteiger partial charge in [-0.15, -0.1) is 0 Å². The molecular formula is C16H16ClFN4. The molecule has 0 radical (unpaired) electrons. The normalized spacial score (nSPS) is 11.1. The van der Waals surface area contributed by atoms with E-state index in [0.717, 1.165) is 12.0 Å². The molecule has 22 heavy (non-hydrogen) atoms. The summed E-state index contributed by atoms with van der Waals surface area (Å²) in [6, 6.07) is 3.37. The van der Waals surface area contributed by atoms with Crippen molar-refractivity contribution in [3.8, 4) is 11.4 Å². The van der Waals surface area contributed by atoms with Gasteiger partial charge in [-0.2, -0.15) is 5.10 Å². The molecule has 0 aliphatic carbocycles. The lowest BCUT2D eigenvalue weighted by molar-refractivity contribution is 0.616. The molecule has 0 atom stereocenters. The lowest BCUT2D eigenvalue weighted by atomic mass is 10.1. The smallest absolute Gasteiger partial charge is 0.144 e. The average molecular weight is 319 g/mol. The first kappa shape index (κ1) is 14.8. The zero-order valence-electron chi connectivity index (χ0n) is 12.4. The maximum absolute atomic E-state index is 14.4. The van der Waals surface area contributed by atoms with Gasteiger partial charge in [-0.1, -0.05) is 17.7 Å². The molecule has 0 amide bonds. The Morgan fingerprint density at radius 3 is 2.86 bits per heavy atom. The van der Waals surface area contributed by atoms with Gasteiger partial charge in [-0.05, 0) is 30.5 Å². The minimum atomic E-state index is -0.318. The number of nitrogens with zero attached hydrogens (tertiary/aromatic N) is 4. The minimum absolute atomic E-state index is 0.318. The number of aromatic nitrogens is 4. The molecule has 0 N–H and O–H groups in total. The van der Waals surface area contributed by atoms with Crippen molar-refractivity contribution in [1.82, 2.24) is 19.3 Å². The van der Waals surface area contributed by atoms with E-state index in [1.165, 1.54) is 0 Å². The minimum Gasteiger partial charge on any atom is -0.331 e. The Bertz CT molecular complexity index is 806. The largest absolute Gasteiger partial charge is 0.331 e. The van der Waals surface area contributed by atoms with Crippen LogP contribution >= 0.6 is 11.6 Å². The van der Waals surface area contributed by atoms with E-state index >= 15 is 0 Å². The van der Waals surface area contributed by atoms with Crippen LogP contribution in [0.5, 0.6) is 0 Å². The van der Waals surface area contributed by atoms with E-state index in [9.17, 15) is 4.39 Å². The van der Waals surface area contributed by atoms with Gasteiger partial charge in [0.2, 0.25) is 0 Å². The van der Waals surface area contributed by atoms with Crippen LogP contribution in [-0.4, -0.2) is 19.3 Å². The molecule has 2 heterocycles. The summed E-state index contributed by atoms with van der Waals surface area (Å²) in [5.74, 6) is 0.233. The van der Waals surface area contributed by atoms with Crippen molar-refractivity contribution < 1.29 is 4.39 Å². The summed E-state index contributed by atoms with van der Waals surface area (Å²) in [5.41, 5.74) is 2.04. The highest BCUT2D eigenvalue weighted by Gasteiger charge is 2.17. The third-order valence-electron chi connectivity index (χ3n) is 3.62. The van der Waals surface area contributed by atoms with Crippen molar-refractivity contribution in [3.05, 3.63) is 58.9 Å². The summed E-state index contributed by atoms with van der Waals surface area (Å²) in [5, 5.41) is 4.52. The van der Waals surface area contributed by atoms with Crippen LogP contribution in [0, 0.1) is 12.7 Å². The van der Waals surface area contributed by atoms with Gasteiger partial charge in [0, 0.05) is 32.2 Å². The van der Waals surface area contributed by atoms with Crippen LogP contribution in [0.2, 0.25) is 5.02 Å². The molecule has 0 saturated heterocycles. The van der Waals surface area contributed by atoms with Crippen LogP contribution in [0.1, 0.15) is 11.1 Å². The Morgan fingerprint density at radius 1 is 1.32 bits per heavy atom. The van der Waals surface area contributed by atoms with E-state index in [4.69, 9.17) is 11.6 Å². The zero-order chi connectivity index (χ0) is 15.7. The highest BCUT2D eigenvalue weighted by Crippen LogP contribution is 2.31. The number of rotatable bonds is 4. The molecule has 0 spiro atoms. The van der Waals surface area contributed by atoms with Crippen molar-refractivity contribution >= 4 is 11.6 Å². The van der Waals surface area contributed by atoms with Gasteiger partial charge in [-0.3, -0.25) is 4.68 Å². The summed E-state index contributed by atoms with van der Waals surface area (Å²) in [4.78, 5) is 4.28. The Hall–Kier alpha value is -2.14. The second kappa shape index (κ2) is 5.93. The molecular weight excluding hydrogens is 303 g/mol. The Kier molecular flexibility index (Phi) is 3.98. The molecule has 6 heteroatoms. The summed E-state index contributed by atoms with van der Waals surface area (Å²) >= 11 is 6.18. The molecule has 114 valence electrons. The molecule has 0 fully saturated rings. The van der Waals surface area contributed by atoms with Crippen LogP contribution < -0.4 is 0 Å². The molecule has 3 rings (SSSR count). The maximum Gasteiger partial charge on any atom is 0.144 e. The van der Waals surface area contributed by atoms with E-state index in [-0.39, 0.29) is 5.82 Å². The Labute approximate surface area is 133 Å². The number of hydrogen-bond acceptors (Lipinski definition) is 2. The second-order valence-corrected chi connectivity index (χ2v) is 5.68. The maximum atomic E-state index is 14.4. The Balaban J connectivity index is 1.91. The number of aryl methyl sites for hydroxylation is 4. The van der Waals surface area contributed by atoms with Crippen molar-refractivity contribution in [1.29, 1.82) is 0 Å². The van der Waals surface area contributed by atoms with Crippen molar-refractivity contribution in [3.63, 3.8) is 0 Å². The van der Waals surface area contributed by atoms with Crippen LogP contribution in [0.3, 0.4) is 0 Å². The molecule has 4 nitrogen and oxygen atoms in total. The third-order valence-corrected chi connectivity index (χ3v) is 3.94. The molecule has 0 aliphatic heterocycles. The predicted octanol–water partition coefficient (Wildman–Crippen LogP) is 3.63. The molecule has 3 aromatic rings. The van der Waals surface area contributed by atoms with Crippen molar-refractivity contribution in [2.75, 3.05) is 0 Å². The van der Waals surface area contributed by atoms with Crippen molar-refractivity contribution in [2.45, 2.75) is 19.9 Å². The summed E-state index contributed by atoms with van der Waals surface area (Å²) in [7, 11) is 1.88. The summed E-state index contributed by atoms with van der Waals surface area (Å²) < 4.78 is 18.1. The standard InChI is InChI=1S/C16H16ClFN4/c1-11-3-4-13(17)14(15(11)18)16-19-6-8-22(16)7-5-12-9-20-21(2)10-12/h3-4,6,8-10H,5,7H2,1-2H3. The fourth-order valence-electron chi connectivity index (χ4n) is 2.43. The molecule has 0 aliphatic rings. The van der Waals surface area contributed by atoms with Gasteiger partial charge in [0.15, 0.2) is 0 Å². The third kappa shape index (κ3) is 2.76. The van der Waals surface area contributed by atoms with Gasteiger partial charge in [0.25, 0.3) is 0 Å². The molecule has 0 saturated carbocycles. The highest BCUT2D eigenvalue weighted by atomic mass is 35.5. The van der Waals surface area contributed by atoms with Crippen LogP contribution in [-0.2, 0) is 20.0 Å². The number of benzene rings is 1. The topological polar surface area (TPSA) is 35.6 Å². The average Bonchev–Trinajstić information content (AvgIpc) is 3.10. The lowest BCUT2D eigenvalue weighted by Crippen LogP contribution is -2.04. The number of hydrogen-bond donors (Lipinski definition) is 0. The first-order chi connectivity index (χ1) is 10.6. The molecule has 2 aromatic heterocycles. The van der Waals surface area contributed by atoms with E-state index in [0.29, 0.717) is 28.5 Å². The number of halogens is 2. The molecule has 0 bridgehead atoms. The second-order valence-electron chi connectivity index (χ2n) is 5.27. The van der Waals surface area contributed by atoms with E-state index in [2.05, 4.69) is 10.1 Å². The van der Waals surface area contributed by atoms with Crippen molar-refractivity contribution in [2.24, 2.45) is 7.05 Å². The van der Waals surface area contributed by atoms with Gasteiger partial charge in [0.05, 0.1) is 16.8 Å². The summed E-state index contributed by atoms with van der Waals surface area (Å²) in [6.07, 6.45) is 8.09. The lowest BCUT2D eigenvalue weighted by Gasteiger charge is -2.11. The SMILES string of the molecule is Cc1ccc(Cl)c(-c2nccn2CCc2cnn(C)c2)c1F. The fraction of sp³-hybridized carbons (Fsp3) is 0.250. The highest BCUT2D eigenvalue weighted by molar-refractivity contribution is 6.33. The summed E-state index contributed by atoms with van der Waals surface area (Å²) in [6.45, 7) is 2.41. The molecule has 1 aromatic carbocycles. The monoisotopic (exact) mass is 318 g/mol. The quantitative estimate of drug-likeness (QED) is 0.736. The molecule has 0 unspecified atom stereocenters. The van der Waals surface area contributed by atoms with Gasteiger partial charge >= 0.3 is 0 Å². The first-order valence-corrected chi connectivity index (χ1v) is 7.37.